The van der Waals surface area contributed by atoms with Gasteiger partial charge in [0.15, 0.2) is 0 Å². The number of ether oxygens (including phenoxy) is 1. The summed E-state index contributed by atoms with van der Waals surface area (Å²) in [5.41, 5.74) is 1.63. The number of anilines is 1. The number of nitrogens with zero attached hydrogens (tertiary/aromatic N) is 3. The number of carbonyl (C=O) groups is 1. The standard InChI is InChI=1S/C22H20ClN3O4S/c23-17-4-5-20-16(12-17)14-30-22(27)26(20)18-7-10-25(11-8-18)31(28,29)21-3-1-2-15-13-24-9-6-19(15)21/h1-6,9,12-13,18H,7-8,10-11,14H2. The summed E-state index contributed by atoms with van der Waals surface area (Å²) >= 11 is 6.08. The molecule has 9 heteroatoms. The van der Waals surface area contributed by atoms with Crippen molar-refractivity contribution in [2.24, 2.45) is 0 Å². The van der Waals surface area contributed by atoms with E-state index in [2.05, 4.69) is 4.98 Å². The average molecular weight is 458 g/mol. The summed E-state index contributed by atoms with van der Waals surface area (Å²) in [6.45, 7) is 0.830. The van der Waals surface area contributed by atoms with Crippen LogP contribution in [0.2, 0.25) is 5.02 Å². The van der Waals surface area contributed by atoms with Gasteiger partial charge in [0, 0.05) is 52.9 Å². The Bertz CT molecular complexity index is 1270. The minimum Gasteiger partial charge on any atom is -0.444 e. The van der Waals surface area contributed by atoms with Crippen LogP contribution in [-0.4, -0.2) is 42.9 Å². The molecule has 2 aliphatic heterocycles. The molecule has 5 rings (SSSR count). The smallest absolute Gasteiger partial charge is 0.414 e. The van der Waals surface area contributed by atoms with Gasteiger partial charge in [-0.05, 0) is 43.2 Å². The fourth-order valence-corrected chi connectivity index (χ4v) is 6.23. The second-order valence-corrected chi connectivity index (χ2v) is 10.0. The molecule has 7 nitrogen and oxygen atoms in total. The van der Waals surface area contributed by atoms with E-state index in [1.165, 1.54) is 4.31 Å². The number of halogens is 1. The highest BCUT2D eigenvalue weighted by Gasteiger charge is 2.37. The molecule has 0 saturated carbocycles. The topological polar surface area (TPSA) is 79.8 Å². The summed E-state index contributed by atoms with van der Waals surface area (Å²) in [7, 11) is -3.67. The SMILES string of the molecule is O=C1OCc2cc(Cl)ccc2N1C1CCN(S(=O)(=O)c2cccc3cnccc23)CC1. The minimum absolute atomic E-state index is 0.143. The molecule has 1 amide bonds. The lowest BCUT2D eigenvalue weighted by Crippen LogP contribution is -2.50. The van der Waals surface area contributed by atoms with Crippen LogP contribution < -0.4 is 4.90 Å². The van der Waals surface area contributed by atoms with Gasteiger partial charge in [-0.2, -0.15) is 4.31 Å². The van der Waals surface area contributed by atoms with Crippen LogP contribution in [0.1, 0.15) is 18.4 Å². The second-order valence-electron chi connectivity index (χ2n) is 7.69. The number of rotatable bonds is 3. The Morgan fingerprint density at radius 2 is 1.90 bits per heavy atom. The number of fused-ring (bicyclic) bond motifs is 2. The Morgan fingerprint density at radius 1 is 1.10 bits per heavy atom. The van der Waals surface area contributed by atoms with Gasteiger partial charge in [0.05, 0.1) is 10.6 Å². The van der Waals surface area contributed by atoms with Gasteiger partial charge in [-0.25, -0.2) is 13.2 Å². The molecule has 3 heterocycles. The summed E-state index contributed by atoms with van der Waals surface area (Å²) in [5, 5.41) is 2.03. The third kappa shape index (κ3) is 3.54. The quantitative estimate of drug-likeness (QED) is 0.589. The summed E-state index contributed by atoms with van der Waals surface area (Å²) in [4.78, 5) is 18.5. The fourth-order valence-electron chi connectivity index (χ4n) is 4.36. The average Bonchev–Trinajstić information content (AvgIpc) is 2.79. The third-order valence-corrected chi connectivity index (χ3v) is 8.09. The number of hydrogen-bond donors (Lipinski definition) is 0. The highest BCUT2D eigenvalue weighted by molar-refractivity contribution is 7.89. The summed E-state index contributed by atoms with van der Waals surface area (Å²) in [6, 6.07) is 12.2. The van der Waals surface area contributed by atoms with Crippen molar-refractivity contribution in [1.29, 1.82) is 0 Å². The molecule has 0 aliphatic carbocycles. The van der Waals surface area contributed by atoms with Crippen molar-refractivity contribution < 1.29 is 17.9 Å². The number of amides is 1. The molecule has 0 unspecified atom stereocenters. The Kier molecular flexibility index (Phi) is 5.08. The Morgan fingerprint density at radius 3 is 2.71 bits per heavy atom. The largest absolute Gasteiger partial charge is 0.444 e. The van der Waals surface area contributed by atoms with Gasteiger partial charge in [0.1, 0.15) is 6.61 Å². The zero-order chi connectivity index (χ0) is 21.6. The molecule has 1 fully saturated rings. The molecule has 2 aliphatic rings. The number of carbonyl (C=O) groups excluding carboxylic acids is 1. The Balaban J connectivity index is 1.39. The molecule has 2 aromatic carbocycles. The molecule has 0 atom stereocenters. The molecule has 0 bridgehead atoms. The van der Waals surface area contributed by atoms with Gasteiger partial charge < -0.3 is 4.74 Å². The van der Waals surface area contributed by atoms with Crippen molar-refractivity contribution >= 4 is 44.2 Å². The molecule has 0 radical (unpaired) electrons. The molecule has 0 N–H and O–H groups in total. The lowest BCUT2D eigenvalue weighted by atomic mass is 10.0. The summed E-state index contributed by atoms with van der Waals surface area (Å²) in [5.74, 6) is 0. The Labute approximate surface area is 185 Å². The van der Waals surface area contributed by atoms with E-state index in [4.69, 9.17) is 16.3 Å². The normalized spacial score (nSPS) is 18.1. The predicted molar refractivity (Wildman–Crippen MR) is 118 cm³/mol. The summed E-state index contributed by atoms with van der Waals surface area (Å²) < 4.78 is 33.6. The number of cyclic esters (lactones) is 1. The van der Waals surface area contributed by atoms with Crippen LogP contribution >= 0.6 is 11.6 Å². The van der Waals surface area contributed by atoms with Crippen molar-refractivity contribution in [1.82, 2.24) is 9.29 Å². The molecular formula is C22H20ClN3O4S. The van der Waals surface area contributed by atoms with Crippen molar-refractivity contribution in [3.8, 4) is 0 Å². The van der Waals surface area contributed by atoms with E-state index in [-0.39, 0.29) is 17.5 Å². The van der Waals surface area contributed by atoms with Gasteiger partial charge in [-0.1, -0.05) is 23.7 Å². The zero-order valence-corrected chi connectivity index (χ0v) is 18.1. The number of sulfonamides is 1. The van der Waals surface area contributed by atoms with Crippen molar-refractivity contribution in [2.45, 2.75) is 30.4 Å². The second kappa shape index (κ2) is 7.78. The summed E-state index contributed by atoms with van der Waals surface area (Å²) in [6.07, 6.45) is 3.88. The van der Waals surface area contributed by atoms with Crippen LogP contribution in [0.25, 0.3) is 10.8 Å². The number of pyridine rings is 1. The van der Waals surface area contributed by atoms with E-state index in [1.807, 2.05) is 12.1 Å². The molecule has 31 heavy (non-hydrogen) atoms. The number of benzene rings is 2. The highest BCUT2D eigenvalue weighted by atomic mass is 35.5. The van der Waals surface area contributed by atoms with E-state index in [1.54, 1.807) is 47.6 Å². The number of hydrogen-bond acceptors (Lipinski definition) is 5. The zero-order valence-electron chi connectivity index (χ0n) is 16.6. The van der Waals surface area contributed by atoms with E-state index >= 15 is 0 Å². The van der Waals surface area contributed by atoms with Crippen molar-refractivity contribution in [3.63, 3.8) is 0 Å². The van der Waals surface area contributed by atoms with E-state index < -0.39 is 16.1 Å². The van der Waals surface area contributed by atoms with Crippen molar-refractivity contribution in [3.05, 3.63) is 65.4 Å². The molecule has 160 valence electrons. The molecule has 0 spiro atoms. The maximum absolute atomic E-state index is 13.4. The van der Waals surface area contributed by atoms with Crippen LogP contribution in [0.3, 0.4) is 0 Å². The monoisotopic (exact) mass is 457 g/mol. The van der Waals surface area contributed by atoms with Crippen molar-refractivity contribution in [2.75, 3.05) is 18.0 Å². The maximum Gasteiger partial charge on any atom is 0.414 e. The van der Waals surface area contributed by atoms with Crippen LogP contribution in [0, 0.1) is 0 Å². The third-order valence-electron chi connectivity index (χ3n) is 5.90. The molecule has 1 aromatic heterocycles. The first-order valence-corrected chi connectivity index (χ1v) is 11.8. The fraction of sp³-hybridized carbons (Fsp3) is 0.273. The molecule has 1 saturated heterocycles. The predicted octanol–water partition coefficient (Wildman–Crippen LogP) is 4.20. The lowest BCUT2D eigenvalue weighted by molar-refractivity contribution is 0.136. The van der Waals surface area contributed by atoms with Crippen LogP contribution in [0.4, 0.5) is 10.5 Å². The van der Waals surface area contributed by atoms with Gasteiger partial charge in [0.25, 0.3) is 0 Å². The van der Waals surface area contributed by atoms with Gasteiger partial charge in [-0.3, -0.25) is 9.88 Å². The number of aromatic nitrogens is 1. The first kappa shape index (κ1) is 20.2. The van der Waals surface area contributed by atoms with Gasteiger partial charge in [-0.15, -0.1) is 0 Å². The van der Waals surface area contributed by atoms with E-state index in [0.717, 1.165) is 16.6 Å². The Hall–Kier alpha value is -2.68. The lowest BCUT2D eigenvalue weighted by Gasteiger charge is -2.39. The van der Waals surface area contributed by atoms with Gasteiger partial charge in [0.2, 0.25) is 10.0 Å². The molecule has 3 aromatic rings. The number of piperidine rings is 1. The van der Waals surface area contributed by atoms with E-state index in [9.17, 15) is 13.2 Å². The van der Waals surface area contributed by atoms with Crippen LogP contribution in [0.15, 0.2) is 59.8 Å². The maximum atomic E-state index is 13.4. The first-order valence-electron chi connectivity index (χ1n) is 10.0. The first-order chi connectivity index (χ1) is 14.9. The van der Waals surface area contributed by atoms with Gasteiger partial charge >= 0.3 is 6.09 Å². The van der Waals surface area contributed by atoms with Crippen LogP contribution in [-0.2, 0) is 21.4 Å². The minimum atomic E-state index is -3.67. The molecular weight excluding hydrogens is 438 g/mol. The van der Waals surface area contributed by atoms with E-state index in [0.29, 0.717) is 36.3 Å². The van der Waals surface area contributed by atoms with Crippen LogP contribution in [0.5, 0.6) is 0 Å². The highest BCUT2D eigenvalue weighted by Crippen LogP contribution is 2.35.